The van der Waals surface area contributed by atoms with Gasteiger partial charge in [0, 0.05) is 32.5 Å². The van der Waals surface area contributed by atoms with Gasteiger partial charge in [0.05, 0.1) is 6.04 Å². The number of nitrogens with zero attached hydrogens (tertiary/aromatic N) is 2. The number of benzene rings is 1. The number of carbonyl (C=O) groups is 2. The second kappa shape index (κ2) is 12.0. The van der Waals surface area contributed by atoms with E-state index in [0.29, 0.717) is 39.0 Å². The first-order chi connectivity index (χ1) is 12.9. The minimum atomic E-state index is -0.284. The van der Waals surface area contributed by atoms with Crippen LogP contribution in [0.5, 0.6) is 0 Å². The number of rotatable bonds is 8. The summed E-state index contributed by atoms with van der Waals surface area (Å²) >= 11 is 0. The highest BCUT2D eigenvalue weighted by Gasteiger charge is 2.33. The molecular weight excluding hydrogens is 381 g/mol. The normalized spacial score (nSPS) is 17.5. The molecule has 1 heterocycles. The van der Waals surface area contributed by atoms with Gasteiger partial charge in [0.2, 0.25) is 11.8 Å². The van der Waals surface area contributed by atoms with Gasteiger partial charge >= 0.3 is 0 Å². The molecule has 0 aromatic heterocycles. The molecule has 0 saturated carbocycles. The number of halogens is 2. The maximum Gasteiger partial charge on any atom is 0.224 e. The molecule has 1 fully saturated rings. The van der Waals surface area contributed by atoms with Gasteiger partial charge in [-0.25, -0.2) is 4.39 Å². The smallest absolute Gasteiger partial charge is 0.224 e. The summed E-state index contributed by atoms with van der Waals surface area (Å²) < 4.78 is 13.2. The van der Waals surface area contributed by atoms with Gasteiger partial charge in [-0.2, -0.15) is 0 Å². The molecule has 1 saturated heterocycles. The Kier molecular flexibility index (Phi) is 10.5. The summed E-state index contributed by atoms with van der Waals surface area (Å²) in [6.45, 7) is 6.27. The molecular formula is C21H33ClFN3O2. The van der Waals surface area contributed by atoms with E-state index in [1.807, 2.05) is 9.80 Å². The van der Waals surface area contributed by atoms with Crippen LogP contribution in [0.1, 0.15) is 51.5 Å². The van der Waals surface area contributed by atoms with Gasteiger partial charge in [0.15, 0.2) is 0 Å². The summed E-state index contributed by atoms with van der Waals surface area (Å²) in [5.41, 5.74) is 6.40. The van der Waals surface area contributed by atoms with E-state index < -0.39 is 0 Å². The highest BCUT2D eigenvalue weighted by molar-refractivity contribution is 5.85. The van der Waals surface area contributed by atoms with Crippen LogP contribution < -0.4 is 5.73 Å². The molecule has 0 radical (unpaired) electrons. The van der Waals surface area contributed by atoms with E-state index in [1.165, 1.54) is 12.1 Å². The highest BCUT2D eigenvalue weighted by atomic mass is 35.5. The Balaban J connectivity index is 0.00000392. The molecule has 1 aliphatic heterocycles. The number of hydrogen-bond acceptors (Lipinski definition) is 3. The van der Waals surface area contributed by atoms with Crippen molar-refractivity contribution in [3.8, 4) is 0 Å². The lowest BCUT2D eigenvalue weighted by Gasteiger charge is -2.35. The lowest BCUT2D eigenvalue weighted by Crippen LogP contribution is -2.47. The molecule has 1 aliphatic rings. The van der Waals surface area contributed by atoms with Crippen LogP contribution in [-0.4, -0.2) is 47.3 Å². The van der Waals surface area contributed by atoms with Crippen LogP contribution in [0.25, 0.3) is 0 Å². The van der Waals surface area contributed by atoms with Crippen LogP contribution in [0.3, 0.4) is 0 Å². The van der Waals surface area contributed by atoms with Crippen molar-refractivity contribution in [2.75, 3.05) is 19.6 Å². The summed E-state index contributed by atoms with van der Waals surface area (Å²) in [4.78, 5) is 29.1. The minimum Gasteiger partial charge on any atom is -0.340 e. The first kappa shape index (κ1) is 24.4. The second-order valence-corrected chi connectivity index (χ2v) is 7.65. The van der Waals surface area contributed by atoms with Crippen molar-refractivity contribution in [1.29, 1.82) is 0 Å². The molecule has 1 aromatic rings. The molecule has 1 aromatic carbocycles. The second-order valence-electron chi connectivity index (χ2n) is 7.65. The van der Waals surface area contributed by atoms with Crippen LogP contribution in [0.4, 0.5) is 4.39 Å². The SMILES string of the molecule is CC(C)C1CN(C(=O)CCCCCN)CCC(=O)N1Cc1ccc(F)cc1.Cl. The van der Waals surface area contributed by atoms with Crippen molar-refractivity contribution in [3.63, 3.8) is 0 Å². The number of carbonyl (C=O) groups excluding carboxylic acids is 2. The highest BCUT2D eigenvalue weighted by Crippen LogP contribution is 2.22. The Bertz CT molecular complexity index is 625. The fourth-order valence-electron chi connectivity index (χ4n) is 3.52. The van der Waals surface area contributed by atoms with Crippen molar-refractivity contribution in [1.82, 2.24) is 9.80 Å². The lowest BCUT2D eigenvalue weighted by molar-refractivity contribution is -0.134. The van der Waals surface area contributed by atoms with E-state index in [9.17, 15) is 14.0 Å². The lowest BCUT2D eigenvalue weighted by atomic mass is 10.0. The summed E-state index contributed by atoms with van der Waals surface area (Å²) in [5.74, 6) is 0.110. The fraction of sp³-hybridized carbons (Fsp3) is 0.619. The quantitative estimate of drug-likeness (QED) is 0.664. The molecule has 5 nitrogen and oxygen atoms in total. The molecule has 0 aliphatic carbocycles. The van der Waals surface area contributed by atoms with E-state index in [2.05, 4.69) is 13.8 Å². The first-order valence-electron chi connectivity index (χ1n) is 9.94. The number of unbranched alkanes of at least 4 members (excludes halogenated alkanes) is 2. The maximum absolute atomic E-state index is 13.2. The average Bonchev–Trinajstić information content (AvgIpc) is 2.80. The molecule has 28 heavy (non-hydrogen) atoms. The van der Waals surface area contributed by atoms with E-state index >= 15 is 0 Å². The zero-order chi connectivity index (χ0) is 19.8. The Morgan fingerprint density at radius 3 is 2.50 bits per heavy atom. The first-order valence-corrected chi connectivity index (χ1v) is 9.94. The molecule has 0 spiro atoms. The largest absolute Gasteiger partial charge is 0.340 e. The fourth-order valence-corrected chi connectivity index (χ4v) is 3.52. The topological polar surface area (TPSA) is 66.6 Å². The zero-order valence-electron chi connectivity index (χ0n) is 16.9. The molecule has 1 unspecified atom stereocenters. The predicted molar refractivity (Wildman–Crippen MR) is 112 cm³/mol. The van der Waals surface area contributed by atoms with Gasteiger partial charge in [-0.15, -0.1) is 12.4 Å². The zero-order valence-corrected chi connectivity index (χ0v) is 17.7. The van der Waals surface area contributed by atoms with Gasteiger partial charge in [-0.1, -0.05) is 32.4 Å². The third-order valence-corrected chi connectivity index (χ3v) is 5.21. The van der Waals surface area contributed by atoms with Crippen LogP contribution in [0.2, 0.25) is 0 Å². The molecule has 2 N–H and O–H groups in total. The summed E-state index contributed by atoms with van der Waals surface area (Å²) in [5, 5.41) is 0. The number of hydrogen-bond donors (Lipinski definition) is 1. The molecule has 2 rings (SSSR count). The van der Waals surface area contributed by atoms with Crippen LogP contribution in [0, 0.1) is 11.7 Å². The number of nitrogens with two attached hydrogens (primary N) is 1. The number of amides is 2. The van der Waals surface area contributed by atoms with Crippen molar-refractivity contribution < 1.29 is 14.0 Å². The van der Waals surface area contributed by atoms with E-state index in [-0.39, 0.29) is 42.0 Å². The van der Waals surface area contributed by atoms with Gasteiger partial charge in [0.1, 0.15) is 5.82 Å². The summed E-state index contributed by atoms with van der Waals surface area (Å²) in [6, 6.07) is 6.22. The van der Waals surface area contributed by atoms with E-state index in [4.69, 9.17) is 5.73 Å². The van der Waals surface area contributed by atoms with Gasteiger partial charge < -0.3 is 15.5 Å². The van der Waals surface area contributed by atoms with Crippen LogP contribution >= 0.6 is 12.4 Å². The molecule has 158 valence electrons. The Morgan fingerprint density at radius 1 is 1.21 bits per heavy atom. The molecule has 1 atom stereocenters. The van der Waals surface area contributed by atoms with Gasteiger partial charge in [-0.05, 0) is 43.0 Å². The molecule has 0 bridgehead atoms. The van der Waals surface area contributed by atoms with E-state index in [0.717, 1.165) is 24.8 Å². The molecule has 2 amide bonds. The van der Waals surface area contributed by atoms with Crippen molar-refractivity contribution in [3.05, 3.63) is 35.6 Å². The van der Waals surface area contributed by atoms with Gasteiger partial charge in [-0.3, -0.25) is 9.59 Å². The predicted octanol–water partition coefficient (Wildman–Crippen LogP) is 3.35. The minimum absolute atomic E-state index is 0. The maximum atomic E-state index is 13.2. The Labute approximate surface area is 173 Å². The monoisotopic (exact) mass is 413 g/mol. The standard InChI is InChI=1S/C21H32FN3O2.ClH/c1-16(2)19-15-24(20(26)6-4-3-5-12-23)13-11-21(27)25(19)14-17-7-9-18(22)10-8-17;/h7-10,16,19H,3-6,11-15,23H2,1-2H3;1H. The van der Waals surface area contributed by atoms with Crippen molar-refractivity contribution in [2.24, 2.45) is 11.7 Å². The Morgan fingerprint density at radius 2 is 1.89 bits per heavy atom. The van der Waals surface area contributed by atoms with Crippen LogP contribution in [0.15, 0.2) is 24.3 Å². The molecule has 7 heteroatoms. The summed E-state index contributed by atoms with van der Waals surface area (Å²) in [7, 11) is 0. The van der Waals surface area contributed by atoms with E-state index in [1.54, 1.807) is 12.1 Å². The Hall–Kier alpha value is -1.66. The summed E-state index contributed by atoms with van der Waals surface area (Å²) in [6.07, 6.45) is 3.58. The van der Waals surface area contributed by atoms with Crippen molar-refractivity contribution in [2.45, 2.75) is 58.5 Å². The third kappa shape index (κ3) is 7.06. The van der Waals surface area contributed by atoms with Crippen LogP contribution in [-0.2, 0) is 16.1 Å². The van der Waals surface area contributed by atoms with Crippen molar-refractivity contribution >= 4 is 24.2 Å². The van der Waals surface area contributed by atoms with Gasteiger partial charge in [0.25, 0.3) is 0 Å². The average molecular weight is 414 g/mol. The third-order valence-electron chi connectivity index (χ3n) is 5.21.